The number of allylic oxidation sites excluding steroid dienone is 2. The van der Waals surface area contributed by atoms with Crippen LogP contribution in [0, 0.1) is 23.7 Å². The van der Waals surface area contributed by atoms with Crippen LogP contribution >= 0.6 is 0 Å². The lowest BCUT2D eigenvalue weighted by molar-refractivity contribution is -0.150. The highest BCUT2D eigenvalue weighted by Gasteiger charge is 2.47. The highest BCUT2D eigenvalue weighted by molar-refractivity contribution is 5.96. The summed E-state index contributed by atoms with van der Waals surface area (Å²) in [4.78, 5) is 23.4. The van der Waals surface area contributed by atoms with Crippen molar-refractivity contribution in [1.29, 1.82) is 0 Å². The van der Waals surface area contributed by atoms with Crippen LogP contribution in [-0.2, 0) is 14.3 Å². The summed E-state index contributed by atoms with van der Waals surface area (Å²) in [6.07, 6.45) is 6.44. The molecule has 17 heavy (non-hydrogen) atoms. The molecular formula is C14H20O3. The van der Waals surface area contributed by atoms with Gasteiger partial charge in [0.05, 0.1) is 12.5 Å². The summed E-state index contributed by atoms with van der Waals surface area (Å²) in [6, 6.07) is 0. The van der Waals surface area contributed by atoms with Gasteiger partial charge in [-0.15, -0.1) is 0 Å². The first-order valence-corrected chi connectivity index (χ1v) is 6.48. The maximum atomic E-state index is 11.8. The summed E-state index contributed by atoms with van der Waals surface area (Å²) in [5.74, 6) is 0.233. The second-order valence-corrected chi connectivity index (χ2v) is 5.47. The Morgan fingerprint density at radius 3 is 2.76 bits per heavy atom. The van der Waals surface area contributed by atoms with E-state index < -0.39 is 0 Å². The van der Waals surface area contributed by atoms with Crippen LogP contribution in [0.2, 0.25) is 0 Å². The normalized spacial score (nSPS) is 30.3. The van der Waals surface area contributed by atoms with Crippen molar-refractivity contribution in [3.05, 3.63) is 12.2 Å². The van der Waals surface area contributed by atoms with Crippen molar-refractivity contribution in [3.8, 4) is 0 Å². The van der Waals surface area contributed by atoms with Crippen LogP contribution in [0.3, 0.4) is 0 Å². The minimum absolute atomic E-state index is 0.0202. The molecule has 1 saturated carbocycles. The Balaban J connectivity index is 1.75. The lowest BCUT2D eigenvalue weighted by Gasteiger charge is -2.15. The zero-order valence-electron chi connectivity index (χ0n) is 10.5. The van der Waals surface area contributed by atoms with E-state index in [0.717, 1.165) is 12.8 Å². The fraction of sp³-hybridized carbons (Fsp3) is 0.714. The Bertz CT molecular complexity index is 343. The number of hydrogen-bond donors (Lipinski definition) is 0. The quantitative estimate of drug-likeness (QED) is 0.418. The summed E-state index contributed by atoms with van der Waals surface area (Å²) in [5.41, 5.74) is 0. The lowest BCUT2D eigenvalue weighted by Crippen LogP contribution is -2.23. The number of esters is 1. The first-order chi connectivity index (χ1) is 8.09. The Morgan fingerprint density at radius 1 is 1.47 bits per heavy atom. The summed E-state index contributed by atoms with van der Waals surface area (Å²) < 4.78 is 5.25. The molecule has 0 heterocycles. The van der Waals surface area contributed by atoms with Crippen molar-refractivity contribution in [2.75, 3.05) is 6.61 Å². The Labute approximate surface area is 102 Å². The van der Waals surface area contributed by atoms with Crippen LogP contribution in [0.5, 0.6) is 0 Å². The first kappa shape index (κ1) is 12.3. The number of carbonyl (C=O) groups is 2. The maximum absolute atomic E-state index is 11.8. The van der Waals surface area contributed by atoms with Gasteiger partial charge in [-0.25, -0.2) is 0 Å². The summed E-state index contributed by atoms with van der Waals surface area (Å²) in [5, 5.41) is 0. The highest BCUT2D eigenvalue weighted by atomic mass is 16.5. The largest absolute Gasteiger partial charge is 0.465 e. The zero-order chi connectivity index (χ0) is 12.4. The topological polar surface area (TPSA) is 43.4 Å². The number of carbonyl (C=O) groups excluding carboxylic acids is 2. The number of fused-ring (bicyclic) bond motifs is 2. The van der Waals surface area contributed by atoms with E-state index in [1.165, 1.54) is 0 Å². The van der Waals surface area contributed by atoms with E-state index in [1.54, 1.807) is 0 Å². The summed E-state index contributed by atoms with van der Waals surface area (Å²) in [6.45, 7) is 4.80. The minimum Gasteiger partial charge on any atom is -0.465 e. The molecule has 0 amide bonds. The van der Waals surface area contributed by atoms with Crippen LogP contribution in [0.25, 0.3) is 0 Å². The van der Waals surface area contributed by atoms with Gasteiger partial charge < -0.3 is 4.74 Å². The molecule has 0 N–H and O–H groups in total. The minimum atomic E-state index is -0.212. The van der Waals surface area contributed by atoms with Gasteiger partial charge in [0.15, 0.2) is 0 Å². The number of Topliss-reactive ketones (excluding diaryl/α,β-unsaturated/α-hetero) is 1. The molecule has 0 aliphatic heterocycles. The van der Waals surface area contributed by atoms with Gasteiger partial charge in [0.1, 0.15) is 5.78 Å². The van der Waals surface area contributed by atoms with Gasteiger partial charge in [0.25, 0.3) is 0 Å². The van der Waals surface area contributed by atoms with E-state index in [4.69, 9.17) is 4.74 Å². The first-order valence-electron chi connectivity index (χ1n) is 6.48. The van der Waals surface area contributed by atoms with Crippen molar-refractivity contribution in [1.82, 2.24) is 0 Å². The predicted molar refractivity (Wildman–Crippen MR) is 64.3 cm³/mol. The number of hydrogen-bond acceptors (Lipinski definition) is 3. The molecule has 1 fully saturated rings. The molecule has 3 unspecified atom stereocenters. The Morgan fingerprint density at radius 2 is 2.24 bits per heavy atom. The van der Waals surface area contributed by atoms with Crippen molar-refractivity contribution in [3.63, 3.8) is 0 Å². The van der Waals surface area contributed by atoms with E-state index in [1.807, 2.05) is 12.2 Å². The molecule has 2 bridgehead atoms. The maximum Gasteiger partial charge on any atom is 0.310 e. The lowest BCUT2D eigenvalue weighted by atomic mass is 9.94. The predicted octanol–water partition coefficient (Wildman–Crippen LogP) is 2.36. The molecule has 3 atom stereocenters. The Hall–Kier alpha value is -1.12. The average molecular weight is 236 g/mol. The van der Waals surface area contributed by atoms with E-state index in [2.05, 4.69) is 13.8 Å². The fourth-order valence-corrected chi connectivity index (χ4v) is 2.65. The summed E-state index contributed by atoms with van der Waals surface area (Å²) in [7, 11) is 0. The number of ketones is 1. The molecule has 0 aromatic heterocycles. The van der Waals surface area contributed by atoms with Gasteiger partial charge in [0, 0.05) is 11.8 Å². The zero-order valence-corrected chi connectivity index (χ0v) is 10.5. The van der Waals surface area contributed by atoms with Crippen molar-refractivity contribution < 1.29 is 14.3 Å². The highest BCUT2D eigenvalue weighted by Crippen LogP contribution is 2.41. The molecule has 0 spiro atoms. The molecule has 2 rings (SSSR count). The second kappa shape index (κ2) is 5.03. The van der Waals surface area contributed by atoms with Crippen molar-refractivity contribution in [2.45, 2.75) is 33.1 Å². The standard InChI is InChI=1S/C14H20O3/c1-9(2)4-3-7-17-14(16)12-8-10-5-6-11(12)13(10)15/h5-6,9-12H,3-4,7-8H2,1-2H3. The molecular weight excluding hydrogens is 216 g/mol. The third-order valence-corrected chi connectivity index (χ3v) is 3.66. The molecule has 0 radical (unpaired) electrons. The molecule has 0 saturated heterocycles. The molecule has 3 nitrogen and oxygen atoms in total. The van der Waals surface area contributed by atoms with Crippen molar-refractivity contribution >= 4 is 11.8 Å². The van der Waals surface area contributed by atoms with Crippen LogP contribution in [0.4, 0.5) is 0 Å². The van der Waals surface area contributed by atoms with Gasteiger partial charge in [-0.2, -0.15) is 0 Å². The third-order valence-electron chi connectivity index (χ3n) is 3.66. The SMILES string of the molecule is CC(C)CCCOC(=O)C1CC2C=CC1C2=O. The van der Waals surface area contributed by atoms with E-state index in [-0.39, 0.29) is 29.5 Å². The van der Waals surface area contributed by atoms with Crippen LogP contribution in [-0.4, -0.2) is 18.4 Å². The molecule has 2 aliphatic carbocycles. The number of rotatable bonds is 5. The fourth-order valence-electron chi connectivity index (χ4n) is 2.65. The van der Waals surface area contributed by atoms with Crippen LogP contribution in [0.1, 0.15) is 33.1 Å². The van der Waals surface area contributed by atoms with E-state index in [9.17, 15) is 9.59 Å². The molecule has 3 heteroatoms. The van der Waals surface area contributed by atoms with Gasteiger partial charge in [0.2, 0.25) is 0 Å². The second-order valence-electron chi connectivity index (χ2n) is 5.47. The average Bonchev–Trinajstić information content (AvgIpc) is 2.80. The monoisotopic (exact) mass is 236 g/mol. The van der Waals surface area contributed by atoms with E-state index in [0.29, 0.717) is 18.9 Å². The van der Waals surface area contributed by atoms with Gasteiger partial charge in [-0.1, -0.05) is 26.0 Å². The summed E-state index contributed by atoms with van der Waals surface area (Å²) >= 11 is 0. The number of ether oxygens (including phenoxy) is 1. The third kappa shape index (κ3) is 2.59. The molecule has 2 aliphatic rings. The van der Waals surface area contributed by atoms with Crippen molar-refractivity contribution in [2.24, 2.45) is 23.7 Å². The van der Waals surface area contributed by atoms with Gasteiger partial charge in [-0.3, -0.25) is 9.59 Å². The smallest absolute Gasteiger partial charge is 0.310 e. The van der Waals surface area contributed by atoms with Gasteiger partial charge >= 0.3 is 5.97 Å². The van der Waals surface area contributed by atoms with Crippen LogP contribution in [0.15, 0.2) is 12.2 Å². The molecule has 0 aromatic rings. The van der Waals surface area contributed by atoms with Crippen LogP contribution < -0.4 is 0 Å². The molecule has 94 valence electrons. The Kier molecular flexibility index (Phi) is 3.65. The molecule has 0 aromatic carbocycles. The van der Waals surface area contributed by atoms with Gasteiger partial charge in [-0.05, 0) is 25.2 Å². The van der Waals surface area contributed by atoms with E-state index >= 15 is 0 Å².